The molecule has 1 aliphatic heterocycles. The lowest BCUT2D eigenvalue weighted by Crippen LogP contribution is -2.48. The first kappa shape index (κ1) is 19.5. The highest BCUT2D eigenvalue weighted by atomic mass is 16.5. The van der Waals surface area contributed by atoms with E-state index in [4.69, 9.17) is 4.74 Å². The number of likely N-dealkylation sites (tertiary alicyclic amines) is 1. The molecule has 1 amide bonds. The summed E-state index contributed by atoms with van der Waals surface area (Å²) in [6.45, 7) is 2.63. The van der Waals surface area contributed by atoms with Gasteiger partial charge in [-0.2, -0.15) is 0 Å². The Balaban J connectivity index is 1.80. The van der Waals surface area contributed by atoms with Crippen LogP contribution in [0, 0.1) is 5.92 Å². The summed E-state index contributed by atoms with van der Waals surface area (Å²) in [5, 5.41) is 0. The van der Waals surface area contributed by atoms with Gasteiger partial charge in [0.2, 0.25) is 5.78 Å². The number of ketones is 1. The molecule has 6 nitrogen and oxygen atoms in total. The lowest BCUT2D eigenvalue weighted by atomic mass is 9.85. The summed E-state index contributed by atoms with van der Waals surface area (Å²) in [6.07, 6.45) is 9.39. The molecule has 2 fully saturated rings. The van der Waals surface area contributed by atoms with Gasteiger partial charge in [-0.05, 0) is 37.3 Å². The average Bonchev–Trinajstić information content (AvgIpc) is 3.17. The Kier molecular flexibility index (Phi) is 6.58. The van der Waals surface area contributed by atoms with Crippen molar-refractivity contribution >= 4 is 17.7 Å². The second-order valence-corrected chi connectivity index (χ2v) is 7.49. The Labute approximate surface area is 160 Å². The highest BCUT2D eigenvalue weighted by molar-refractivity contribution is 6.37. The number of nitrogens with zero attached hydrogens (tertiary/aromatic N) is 2. The third-order valence-electron chi connectivity index (χ3n) is 5.65. The van der Waals surface area contributed by atoms with Gasteiger partial charge in [-0.25, -0.2) is 4.79 Å². The number of esters is 1. The van der Waals surface area contributed by atoms with E-state index in [1.54, 1.807) is 12.4 Å². The number of rotatable bonds is 6. The zero-order valence-electron chi connectivity index (χ0n) is 15.9. The minimum Gasteiger partial charge on any atom is -0.464 e. The third kappa shape index (κ3) is 4.37. The molecule has 3 rings (SSSR count). The van der Waals surface area contributed by atoms with Gasteiger partial charge in [-0.3, -0.25) is 14.6 Å². The summed E-state index contributed by atoms with van der Waals surface area (Å²) in [4.78, 5) is 44.1. The number of hydrogen-bond acceptors (Lipinski definition) is 5. The van der Waals surface area contributed by atoms with E-state index in [2.05, 4.69) is 4.98 Å². The highest BCUT2D eigenvalue weighted by Gasteiger charge is 2.46. The fourth-order valence-electron chi connectivity index (χ4n) is 4.22. The van der Waals surface area contributed by atoms with E-state index in [-0.39, 0.29) is 17.6 Å². The molecule has 6 heteroatoms. The van der Waals surface area contributed by atoms with Crippen LogP contribution in [-0.2, 0) is 19.1 Å². The van der Waals surface area contributed by atoms with E-state index in [1.807, 2.05) is 19.1 Å². The van der Waals surface area contributed by atoms with Crippen LogP contribution in [0.25, 0.3) is 0 Å². The van der Waals surface area contributed by atoms with Crippen molar-refractivity contribution in [3.8, 4) is 0 Å². The molecule has 2 heterocycles. The number of hydrogen-bond donors (Lipinski definition) is 0. The first-order chi connectivity index (χ1) is 13.1. The van der Waals surface area contributed by atoms with Crippen LogP contribution in [0.15, 0.2) is 24.5 Å². The molecule has 0 bridgehead atoms. The number of carbonyl (C=O) groups is 3. The van der Waals surface area contributed by atoms with Crippen LogP contribution in [0.2, 0.25) is 0 Å². The van der Waals surface area contributed by atoms with Crippen LogP contribution in [-0.4, -0.2) is 46.7 Å². The summed E-state index contributed by atoms with van der Waals surface area (Å²) >= 11 is 0. The molecule has 2 aliphatic rings. The summed E-state index contributed by atoms with van der Waals surface area (Å²) in [5.41, 5.74) is 0.899. The van der Waals surface area contributed by atoms with Crippen molar-refractivity contribution in [3.05, 3.63) is 30.1 Å². The van der Waals surface area contributed by atoms with Crippen molar-refractivity contribution in [1.29, 1.82) is 0 Å². The second kappa shape index (κ2) is 9.11. The summed E-state index contributed by atoms with van der Waals surface area (Å²) in [6, 6.07) is 2.98. The molecule has 2 atom stereocenters. The maximum atomic E-state index is 13.0. The molecule has 1 saturated carbocycles. The zero-order valence-corrected chi connectivity index (χ0v) is 15.9. The minimum absolute atomic E-state index is 0.189. The molecule has 146 valence electrons. The molecule has 1 saturated heterocycles. The molecular formula is C21H28N2O4. The van der Waals surface area contributed by atoms with Gasteiger partial charge in [-0.1, -0.05) is 32.3 Å². The van der Waals surface area contributed by atoms with Gasteiger partial charge in [0.15, 0.2) is 0 Å². The number of ether oxygens (including phenoxy) is 1. The van der Waals surface area contributed by atoms with E-state index < -0.39 is 17.9 Å². The maximum absolute atomic E-state index is 13.0. The van der Waals surface area contributed by atoms with E-state index in [1.165, 1.54) is 4.90 Å². The van der Waals surface area contributed by atoms with Gasteiger partial charge < -0.3 is 9.64 Å². The molecular weight excluding hydrogens is 344 g/mol. The van der Waals surface area contributed by atoms with Crippen molar-refractivity contribution in [1.82, 2.24) is 9.88 Å². The number of carbonyl (C=O) groups excluding carboxylic acids is 3. The fourth-order valence-corrected chi connectivity index (χ4v) is 4.22. The average molecular weight is 372 g/mol. The van der Waals surface area contributed by atoms with Crippen LogP contribution >= 0.6 is 0 Å². The Bertz CT molecular complexity index is 670. The SMILES string of the molecule is CCCOC(=O)[C@@H]1C(c2cccnc2)CCN1C(=O)C(=O)C1CCCCC1. The van der Waals surface area contributed by atoms with Gasteiger partial charge in [-0.15, -0.1) is 0 Å². The van der Waals surface area contributed by atoms with E-state index in [0.29, 0.717) is 26.0 Å². The molecule has 0 N–H and O–H groups in total. The van der Waals surface area contributed by atoms with Gasteiger partial charge in [0, 0.05) is 30.8 Å². The van der Waals surface area contributed by atoms with Gasteiger partial charge in [0.05, 0.1) is 6.61 Å². The van der Waals surface area contributed by atoms with Gasteiger partial charge in [0.25, 0.3) is 5.91 Å². The van der Waals surface area contributed by atoms with E-state index in [9.17, 15) is 14.4 Å². The first-order valence-electron chi connectivity index (χ1n) is 10.0. The fraction of sp³-hybridized carbons (Fsp3) is 0.619. The van der Waals surface area contributed by atoms with Crippen molar-refractivity contribution in [2.45, 2.75) is 63.8 Å². The summed E-state index contributed by atoms with van der Waals surface area (Å²) < 4.78 is 5.37. The third-order valence-corrected chi connectivity index (χ3v) is 5.65. The normalized spacial score (nSPS) is 23.2. The Morgan fingerprint density at radius 1 is 1.19 bits per heavy atom. The highest BCUT2D eigenvalue weighted by Crippen LogP contribution is 2.35. The largest absolute Gasteiger partial charge is 0.464 e. The van der Waals surface area contributed by atoms with E-state index >= 15 is 0 Å². The Morgan fingerprint density at radius 3 is 2.63 bits per heavy atom. The van der Waals surface area contributed by atoms with Crippen LogP contribution in [0.5, 0.6) is 0 Å². The molecule has 0 spiro atoms. The standard InChI is InChI=1S/C21H28N2O4/c1-2-13-27-21(26)18-17(16-9-6-11-22-14-16)10-12-23(18)20(25)19(24)15-7-4-3-5-8-15/h6,9,11,14-15,17-18H,2-5,7-8,10,12-13H2,1H3/t17?,18-/m0/s1. The first-order valence-corrected chi connectivity index (χ1v) is 10.0. The van der Waals surface area contributed by atoms with Crippen LogP contribution in [0.3, 0.4) is 0 Å². The Morgan fingerprint density at radius 2 is 1.96 bits per heavy atom. The predicted molar refractivity (Wildman–Crippen MR) is 99.9 cm³/mol. The van der Waals surface area contributed by atoms with Crippen molar-refractivity contribution < 1.29 is 19.1 Å². The molecule has 1 aromatic rings. The lowest BCUT2D eigenvalue weighted by molar-refractivity contribution is -0.157. The molecule has 1 unspecified atom stereocenters. The van der Waals surface area contributed by atoms with Crippen molar-refractivity contribution in [2.24, 2.45) is 5.92 Å². The molecule has 27 heavy (non-hydrogen) atoms. The zero-order chi connectivity index (χ0) is 19.2. The second-order valence-electron chi connectivity index (χ2n) is 7.49. The lowest BCUT2D eigenvalue weighted by Gasteiger charge is -2.28. The molecule has 1 aromatic heterocycles. The number of amides is 1. The maximum Gasteiger partial charge on any atom is 0.329 e. The molecule has 1 aliphatic carbocycles. The summed E-state index contributed by atoms with van der Waals surface area (Å²) in [7, 11) is 0. The Hall–Kier alpha value is -2.24. The predicted octanol–water partition coefficient (Wildman–Crippen LogP) is 2.87. The van der Waals surface area contributed by atoms with Crippen LogP contribution in [0.1, 0.15) is 63.4 Å². The monoisotopic (exact) mass is 372 g/mol. The topological polar surface area (TPSA) is 76.6 Å². The van der Waals surface area contributed by atoms with E-state index in [0.717, 1.165) is 37.7 Å². The number of aromatic nitrogens is 1. The molecule has 0 radical (unpaired) electrons. The van der Waals surface area contributed by atoms with Crippen molar-refractivity contribution in [2.75, 3.05) is 13.2 Å². The van der Waals surface area contributed by atoms with Crippen LogP contribution in [0.4, 0.5) is 0 Å². The molecule has 0 aromatic carbocycles. The quantitative estimate of drug-likeness (QED) is 0.567. The van der Waals surface area contributed by atoms with Gasteiger partial charge in [0.1, 0.15) is 6.04 Å². The number of pyridine rings is 1. The van der Waals surface area contributed by atoms with Gasteiger partial charge >= 0.3 is 5.97 Å². The number of Topliss-reactive ketones (excluding diaryl/α,β-unsaturated/α-hetero) is 1. The van der Waals surface area contributed by atoms with Crippen molar-refractivity contribution in [3.63, 3.8) is 0 Å². The minimum atomic E-state index is -0.749. The smallest absolute Gasteiger partial charge is 0.329 e. The summed E-state index contributed by atoms with van der Waals surface area (Å²) in [5.74, 6) is -1.67. The van der Waals surface area contributed by atoms with Crippen LogP contribution < -0.4 is 0 Å².